The molecule has 1 fully saturated rings. The van der Waals surface area contributed by atoms with Crippen LogP contribution >= 0.6 is 0 Å². The third-order valence-corrected chi connectivity index (χ3v) is 3.95. The Labute approximate surface area is 128 Å². The molecule has 22 heavy (non-hydrogen) atoms. The number of likely N-dealkylation sites (tertiary alicyclic amines) is 1. The molecule has 2 rings (SSSR count). The minimum Gasteiger partial charge on any atom is -0.494 e. The average Bonchev–Trinajstić information content (AvgIpc) is 2.47. The molecule has 1 N–H and O–H groups in total. The van der Waals surface area contributed by atoms with E-state index >= 15 is 0 Å². The number of aliphatic hydroxyl groups excluding tert-OH is 1. The molecular formula is C16H22F3NO2. The minimum absolute atomic E-state index is 0.176. The quantitative estimate of drug-likeness (QED) is 0.905. The number of halogens is 3. The molecule has 1 aliphatic rings. The van der Waals surface area contributed by atoms with Gasteiger partial charge in [-0.15, -0.1) is 0 Å². The summed E-state index contributed by atoms with van der Waals surface area (Å²) in [5.41, 5.74) is 1.08. The number of nitrogens with zero attached hydrogens (tertiary/aromatic N) is 1. The number of ether oxygens (including phenoxy) is 1. The van der Waals surface area contributed by atoms with Crippen LogP contribution in [0.3, 0.4) is 0 Å². The lowest BCUT2D eigenvalue weighted by Gasteiger charge is -2.34. The molecule has 0 amide bonds. The number of benzene rings is 1. The Bertz CT molecular complexity index is 479. The van der Waals surface area contributed by atoms with Gasteiger partial charge >= 0.3 is 6.18 Å². The van der Waals surface area contributed by atoms with E-state index in [0.29, 0.717) is 19.7 Å². The van der Waals surface area contributed by atoms with E-state index in [4.69, 9.17) is 4.74 Å². The molecule has 1 aliphatic heterocycles. The molecule has 0 spiro atoms. The van der Waals surface area contributed by atoms with Crippen molar-refractivity contribution >= 4 is 0 Å². The van der Waals surface area contributed by atoms with Crippen LogP contribution < -0.4 is 4.74 Å². The Morgan fingerprint density at radius 2 is 2.18 bits per heavy atom. The van der Waals surface area contributed by atoms with Gasteiger partial charge in [0.25, 0.3) is 0 Å². The molecule has 6 heteroatoms. The van der Waals surface area contributed by atoms with Gasteiger partial charge in [0.05, 0.1) is 6.61 Å². The highest BCUT2D eigenvalue weighted by Gasteiger charge is 2.39. The Hall–Kier alpha value is -1.27. The van der Waals surface area contributed by atoms with Gasteiger partial charge in [0, 0.05) is 13.1 Å². The number of hydrogen-bond acceptors (Lipinski definition) is 3. The van der Waals surface area contributed by atoms with Gasteiger partial charge in [-0.05, 0) is 49.9 Å². The topological polar surface area (TPSA) is 32.7 Å². The minimum atomic E-state index is -4.55. The second-order valence-electron chi connectivity index (χ2n) is 5.66. The zero-order valence-electron chi connectivity index (χ0n) is 12.6. The molecule has 2 atom stereocenters. The molecule has 0 aliphatic carbocycles. The van der Waals surface area contributed by atoms with E-state index in [1.165, 1.54) is 0 Å². The van der Waals surface area contributed by atoms with Gasteiger partial charge in [0.2, 0.25) is 0 Å². The standard InChI is InChI=1S/C16H22F3NO2/c1-2-22-14-7-3-5-12(9-14)13-6-4-8-20(10-13)11-15(21)16(17,18)19/h3,5,7,9,13,15,21H,2,4,6,8,10-11H2,1H3/t13?,15-/m0/s1. The van der Waals surface area contributed by atoms with Crippen LogP contribution in [0.1, 0.15) is 31.2 Å². The maximum Gasteiger partial charge on any atom is 0.415 e. The molecule has 1 heterocycles. The number of alkyl halides is 3. The van der Waals surface area contributed by atoms with Gasteiger partial charge in [-0.25, -0.2) is 0 Å². The summed E-state index contributed by atoms with van der Waals surface area (Å²) >= 11 is 0. The summed E-state index contributed by atoms with van der Waals surface area (Å²) in [6.07, 6.45) is -5.06. The number of hydrogen-bond donors (Lipinski definition) is 1. The first-order valence-corrected chi connectivity index (χ1v) is 7.60. The summed E-state index contributed by atoms with van der Waals surface area (Å²) in [6.45, 7) is 3.26. The second kappa shape index (κ2) is 7.33. The molecule has 0 aromatic heterocycles. The summed E-state index contributed by atoms with van der Waals surface area (Å²) in [5.74, 6) is 0.960. The average molecular weight is 317 g/mol. The predicted molar refractivity (Wildman–Crippen MR) is 78.1 cm³/mol. The van der Waals surface area contributed by atoms with Crippen LogP contribution in [0.5, 0.6) is 5.75 Å². The van der Waals surface area contributed by atoms with Crippen molar-refractivity contribution in [1.29, 1.82) is 0 Å². The van der Waals surface area contributed by atoms with Crippen LogP contribution in [0.4, 0.5) is 13.2 Å². The summed E-state index contributed by atoms with van der Waals surface area (Å²) in [5, 5.41) is 9.22. The first-order valence-electron chi connectivity index (χ1n) is 7.60. The zero-order valence-corrected chi connectivity index (χ0v) is 12.6. The third-order valence-electron chi connectivity index (χ3n) is 3.95. The molecule has 0 radical (unpaired) electrons. The second-order valence-corrected chi connectivity index (χ2v) is 5.66. The van der Waals surface area contributed by atoms with Crippen molar-refractivity contribution in [3.05, 3.63) is 29.8 Å². The highest BCUT2D eigenvalue weighted by Crippen LogP contribution is 2.30. The van der Waals surface area contributed by atoms with Crippen LogP contribution in [0.25, 0.3) is 0 Å². The molecule has 0 bridgehead atoms. The Kier molecular flexibility index (Phi) is 5.69. The van der Waals surface area contributed by atoms with Crippen LogP contribution in [-0.2, 0) is 0 Å². The highest BCUT2D eigenvalue weighted by molar-refractivity contribution is 5.31. The van der Waals surface area contributed by atoms with Crippen molar-refractivity contribution < 1.29 is 23.0 Å². The Balaban J connectivity index is 1.99. The lowest BCUT2D eigenvalue weighted by molar-refractivity contribution is -0.208. The fraction of sp³-hybridized carbons (Fsp3) is 0.625. The van der Waals surface area contributed by atoms with Crippen LogP contribution in [-0.4, -0.2) is 48.5 Å². The molecule has 124 valence electrons. The summed E-state index contributed by atoms with van der Waals surface area (Å²) in [6, 6.07) is 7.72. The highest BCUT2D eigenvalue weighted by atomic mass is 19.4. The van der Waals surface area contributed by atoms with E-state index in [0.717, 1.165) is 24.2 Å². The van der Waals surface area contributed by atoms with Crippen LogP contribution in [0, 0.1) is 0 Å². The van der Waals surface area contributed by atoms with Gasteiger partial charge in [-0.3, -0.25) is 4.90 Å². The summed E-state index contributed by atoms with van der Waals surface area (Å²) in [7, 11) is 0. The Morgan fingerprint density at radius 1 is 1.41 bits per heavy atom. The molecule has 1 aromatic carbocycles. The van der Waals surface area contributed by atoms with Gasteiger partial charge in [-0.2, -0.15) is 13.2 Å². The first-order chi connectivity index (χ1) is 10.4. The fourth-order valence-corrected chi connectivity index (χ4v) is 2.87. The molecule has 3 nitrogen and oxygen atoms in total. The van der Waals surface area contributed by atoms with Gasteiger partial charge < -0.3 is 9.84 Å². The molecule has 1 unspecified atom stereocenters. The number of aliphatic hydroxyl groups is 1. The largest absolute Gasteiger partial charge is 0.494 e. The van der Waals surface area contributed by atoms with Gasteiger partial charge in [-0.1, -0.05) is 12.1 Å². The predicted octanol–water partition coefficient (Wildman–Crippen LogP) is 3.19. The van der Waals surface area contributed by atoms with Crippen molar-refractivity contribution in [2.75, 3.05) is 26.2 Å². The van der Waals surface area contributed by atoms with Crippen molar-refractivity contribution in [2.45, 2.75) is 38.0 Å². The van der Waals surface area contributed by atoms with Crippen molar-refractivity contribution in [2.24, 2.45) is 0 Å². The number of rotatable bonds is 5. The molecule has 1 aromatic rings. The normalized spacial score (nSPS) is 21.6. The van der Waals surface area contributed by atoms with E-state index in [-0.39, 0.29) is 12.5 Å². The van der Waals surface area contributed by atoms with Gasteiger partial charge in [0.15, 0.2) is 6.10 Å². The van der Waals surface area contributed by atoms with E-state index in [1.54, 1.807) is 4.90 Å². The summed E-state index contributed by atoms with van der Waals surface area (Å²) in [4.78, 5) is 1.69. The lowest BCUT2D eigenvalue weighted by atomic mass is 9.90. The van der Waals surface area contributed by atoms with E-state index in [2.05, 4.69) is 0 Å². The maximum atomic E-state index is 12.5. The Morgan fingerprint density at radius 3 is 2.86 bits per heavy atom. The zero-order chi connectivity index (χ0) is 16.2. The maximum absolute atomic E-state index is 12.5. The molecular weight excluding hydrogens is 295 g/mol. The monoisotopic (exact) mass is 317 g/mol. The third kappa shape index (κ3) is 4.61. The molecule has 0 saturated carbocycles. The number of piperidine rings is 1. The lowest BCUT2D eigenvalue weighted by Crippen LogP contribution is -2.44. The summed E-state index contributed by atoms with van der Waals surface area (Å²) < 4.78 is 42.9. The SMILES string of the molecule is CCOc1cccc(C2CCCN(C[C@H](O)C(F)(F)F)C2)c1. The molecule has 1 saturated heterocycles. The van der Waals surface area contributed by atoms with Crippen molar-refractivity contribution in [3.8, 4) is 5.75 Å². The van der Waals surface area contributed by atoms with Crippen molar-refractivity contribution in [3.63, 3.8) is 0 Å². The van der Waals surface area contributed by atoms with Crippen LogP contribution in [0.15, 0.2) is 24.3 Å². The van der Waals surface area contributed by atoms with E-state index < -0.39 is 12.3 Å². The van der Waals surface area contributed by atoms with E-state index in [9.17, 15) is 18.3 Å². The van der Waals surface area contributed by atoms with Crippen LogP contribution in [0.2, 0.25) is 0 Å². The number of β-amino-alcohol motifs (C(OH)–C–C–N with tert-alkyl or cyclic N) is 1. The smallest absolute Gasteiger partial charge is 0.415 e. The van der Waals surface area contributed by atoms with Crippen molar-refractivity contribution in [1.82, 2.24) is 4.90 Å². The van der Waals surface area contributed by atoms with E-state index in [1.807, 2.05) is 31.2 Å². The fourth-order valence-electron chi connectivity index (χ4n) is 2.87. The first kappa shape index (κ1) is 17.1. The van der Waals surface area contributed by atoms with Gasteiger partial charge in [0.1, 0.15) is 5.75 Å².